The molecule has 99 valence electrons. The fourth-order valence-corrected chi connectivity index (χ4v) is 1.70. The average molecular weight is 248 g/mol. The molecule has 1 aromatic carbocycles. The molecule has 18 heavy (non-hydrogen) atoms. The highest BCUT2D eigenvalue weighted by Gasteiger charge is 1.99. The number of hydrogen-bond donors (Lipinski definition) is 1. The van der Waals surface area contributed by atoms with Crippen LogP contribution < -0.4 is 10.1 Å². The molecule has 0 saturated carbocycles. The van der Waals surface area contributed by atoms with E-state index in [-0.39, 0.29) is 5.91 Å². The van der Waals surface area contributed by atoms with Crippen molar-refractivity contribution in [1.29, 1.82) is 0 Å². The molecule has 1 N–H and O–H groups in total. The van der Waals surface area contributed by atoms with E-state index in [1.807, 2.05) is 12.1 Å². The molecule has 1 amide bonds. The molecule has 3 nitrogen and oxygen atoms in total. The maximum absolute atomic E-state index is 11.0. The molecule has 1 aromatic rings. The van der Waals surface area contributed by atoms with Crippen molar-refractivity contribution >= 4 is 5.91 Å². The van der Waals surface area contributed by atoms with Crippen molar-refractivity contribution in [3.05, 3.63) is 36.8 Å². The van der Waals surface area contributed by atoms with E-state index in [4.69, 9.17) is 4.74 Å². The summed E-state index contributed by atoms with van der Waals surface area (Å²) in [6.07, 6.45) is 4.20. The molecular formula is C15H22NO2. The van der Waals surface area contributed by atoms with E-state index >= 15 is 0 Å². The van der Waals surface area contributed by atoms with Gasteiger partial charge in [0.1, 0.15) is 5.75 Å². The summed E-state index contributed by atoms with van der Waals surface area (Å²) in [4.78, 5) is 11.0. The van der Waals surface area contributed by atoms with Crippen molar-refractivity contribution in [1.82, 2.24) is 5.32 Å². The van der Waals surface area contributed by atoms with Gasteiger partial charge in [-0.15, -0.1) is 0 Å². The fourth-order valence-electron chi connectivity index (χ4n) is 1.70. The summed E-state index contributed by atoms with van der Waals surface area (Å²) < 4.78 is 5.66. The molecule has 0 aromatic heterocycles. The first-order valence-corrected chi connectivity index (χ1v) is 6.48. The Balaban J connectivity index is 2.22. The van der Waals surface area contributed by atoms with Crippen LogP contribution >= 0.6 is 0 Å². The van der Waals surface area contributed by atoms with Gasteiger partial charge >= 0.3 is 0 Å². The molecule has 0 spiro atoms. The van der Waals surface area contributed by atoms with E-state index in [1.165, 1.54) is 5.56 Å². The van der Waals surface area contributed by atoms with Gasteiger partial charge in [0.25, 0.3) is 0 Å². The Morgan fingerprint density at radius 2 is 2.22 bits per heavy atom. The maximum atomic E-state index is 11.0. The molecular weight excluding hydrogens is 226 g/mol. The minimum absolute atomic E-state index is 0.0902. The second-order valence-corrected chi connectivity index (χ2v) is 4.23. The number of carbonyl (C=O) groups is 1. The van der Waals surface area contributed by atoms with Gasteiger partial charge in [-0.25, -0.2) is 0 Å². The third-order valence-corrected chi connectivity index (χ3v) is 2.71. The minimum atomic E-state index is 0.0902. The van der Waals surface area contributed by atoms with Crippen LogP contribution in [0, 0.1) is 6.92 Å². The summed E-state index contributed by atoms with van der Waals surface area (Å²) in [5.74, 6) is 0.994. The van der Waals surface area contributed by atoms with Crippen molar-refractivity contribution < 1.29 is 9.53 Å². The van der Waals surface area contributed by atoms with E-state index in [0.29, 0.717) is 13.0 Å². The fraction of sp³-hybridized carbons (Fsp3) is 0.467. The van der Waals surface area contributed by atoms with E-state index < -0.39 is 0 Å². The first-order chi connectivity index (χ1) is 8.76. The topological polar surface area (TPSA) is 38.3 Å². The minimum Gasteiger partial charge on any atom is -0.494 e. The number of amides is 1. The Kier molecular flexibility index (Phi) is 6.92. The summed E-state index contributed by atoms with van der Waals surface area (Å²) in [6.45, 7) is 4.50. The molecule has 0 aliphatic rings. The Labute approximate surface area is 110 Å². The Morgan fingerprint density at radius 3 is 2.94 bits per heavy atom. The van der Waals surface area contributed by atoms with Crippen molar-refractivity contribution in [3.63, 3.8) is 0 Å². The lowest BCUT2D eigenvalue weighted by Crippen LogP contribution is -2.17. The monoisotopic (exact) mass is 248 g/mol. The van der Waals surface area contributed by atoms with Gasteiger partial charge in [0, 0.05) is 13.5 Å². The van der Waals surface area contributed by atoms with Crippen LogP contribution in [0.4, 0.5) is 0 Å². The Bertz CT molecular complexity index is 363. The number of unbranched alkanes of at least 4 members (excludes halogenated alkanes) is 1. The van der Waals surface area contributed by atoms with Gasteiger partial charge < -0.3 is 10.1 Å². The summed E-state index contributed by atoms with van der Waals surface area (Å²) >= 11 is 0. The number of hydrogen-bond acceptors (Lipinski definition) is 2. The van der Waals surface area contributed by atoms with E-state index in [1.54, 1.807) is 7.05 Å². The number of aryl methyl sites for hydroxylation is 1. The molecule has 0 aliphatic carbocycles. The third kappa shape index (κ3) is 5.71. The van der Waals surface area contributed by atoms with E-state index in [2.05, 4.69) is 24.4 Å². The molecule has 3 heteroatoms. The van der Waals surface area contributed by atoms with E-state index in [9.17, 15) is 4.79 Å². The molecule has 0 aliphatic heterocycles. The first kappa shape index (κ1) is 14.6. The lowest BCUT2D eigenvalue weighted by molar-refractivity contribution is -0.120. The zero-order valence-electron chi connectivity index (χ0n) is 11.1. The molecule has 0 heterocycles. The van der Waals surface area contributed by atoms with Crippen molar-refractivity contribution in [2.24, 2.45) is 0 Å². The molecule has 1 rings (SSSR count). The number of carbonyl (C=O) groups excluding carboxylic acids is 1. The predicted octanol–water partition coefficient (Wildman–Crippen LogP) is 2.75. The molecule has 0 atom stereocenters. The molecule has 0 saturated heterocycles. The van der Waals surface area contributed by atoms with Gasteiger partial charge in [0.15, 0.2) is 0 Å². The zero-order chi connectivity index (χ0) is 13.2. The van der Waals surface area contributed by atoms with Gasteiger partial charge in [-0.3, -0.25) is 4.79 Å². The normalized spacial score (nSPS) is 10.1. The summed E-state index contributed by atoms with van der Waals surface area (Å²) in [5, 5.41) is 2.61. The number of ether oxygens (including phenoxy) is 1. The van der Waals surface area contributed by atoms with Gasteiger partial charge in [-0.05, 0) is 43.4 Å². The lowest BCUT2D eigenvalue weighted by atomic mass is 10.1. The molecule has 0 unspecified atom stereocenters. The average Bonchev–Trinajstić information content (AvgIpc) is 2.39. The SMILES string of the molecule is [CH2]CCc1cccc(OCCCCC(=O)NC)c1. The van der Waals surface area contributed by atoms with Crippen molar-refractivity contribution in [2.45, 2.75) is 32.1 Å². The van der Waals surface area contributed by atoms with Crippen molar-refractivity contribution in [2.75, 3.05) is 13.7 Å². The van der Waals surface area contributed by atoms with Gasteiger partial charge in [-0.2, -0.15) is 0 Å². The highest BCUT2D eigenvalue weighted by Crippen LogP contribution is 2.15. The van der Waals surface area contributed by atoms with Crippen LogP contribution in [0.2, 0.25) is 0 Å². The molecule has 0 fully saturated rings. The quantitative estimate of drug-likeness (QED) is 0.718. The molecule has 0 bridgehead atoms. The predicted molar refractivity (Wildman–Crippen MR) is 73.5 cm³/mol. The van der Waals surface area contributed by atoms with E-state index in [0.717, 1.165) is 31.4 Å². The Morgan fingerprint density at radius 1 is 1.39 bits per heavy atom. The van der Waals surface area contributed by atoms with Crippen LogP contribution in [0.15, 0.2) is 24.3 Å². The highest BCUT2D eigenvalue weighted by atomic mass is 16.5. The van der Waals surface area contributed by atoms with Gasteiger partial charge in [0.2, 0.25) is 5.91 Å². The lowest BCUT2D eigenvalue weighted by Gasteiger charge is -2.07. The first-order valence-electron chi connectivity index (χ1n) is 6.48. The van der Waals surface area contributed by atoms with Gasteiger partial charge in [-0.1, -0.05) is 19.1 Å². The van der Waals surface area contributed by atoms with Crippen molar-refractivity contribution in [3.8, 4) is 5.75 Å². The van der Waals surface area contributed by atoms with Crippen LogP contribution in [0.5, 0.6) is 5.75 Å². The number of nitrogens with one attached hydrogen (secondary N) is 1. The van der Waals surface area contributed by atoms with Crippen LogP contribution in [0.1, 0.15) is 31.2 Å². The second kappa shape index (κ2) is 8.56. The number of benzene rings is 1. The summed E-state index contributed by atoms with van der Waals surface area (Å²) in [5.41, 5.74) is 1.26. The third-order valence-electron chi connectivity index (χ3n) is 2.71. The summed E-state index contributed by atoms with van der Waals surface area (Å²) in [7, 11) is 1.66. The van der Waals surface area contributed by atoms with Crippen LogP contribution in [-0.2, 0) is 11.2 Å². The summed E-state index contributed by atoms with van der Waals surface area (Å²) in [6, 6.07) is 8.11. The number of rotatable bonds is 8. The maximum Gasteiger partial charge on any atom is 0.219 e. The smallest absolute Gasteiger partial charge is 0.219 e. The van der Waals surface area contributed by atoms with Crippen LogP contribution in [0.3, 0.4) is 0 Å². The standard InChI is InChI=1S/C15H22NO2/c1-3-7-13-8-6-9-14(12-13)18-11-5-4-10-15(17)16-2/h6,8-9,12H,1,3-5,7,10-11H2,2H3,(H,16,17). The molecule has 1 radical (unpaired) electrons. The van der Waals surface area contributed by atoms with Crippen LogP contribution in [-0.4, -0.2) is 19.6 Å². The second-order valence-electron chi connectivity index (χ2n) is 4.23. The zero-order valence-corrected chi connectivity index (χ0v) is 11.1. The Hall–Kier alpha value is -1.51. The van der Waals surface area contributed by atoms with Gasteiger partial charge in [0.05, 0.1) is 6.61 Å². The largest absolute Gasteiger partial charge is 0.494 e. The highest BCUT2D eigenvalue weighted by molar-refractivity contribution is 5.75. The van der Waals surface area contributed by atoms with Crippen LogP contribution in [0.25, 0.3) is 0 Å².